The first-order valence-electron chi connectivity index (χ1n) is 8.42. The van der Waals surface area contributed by atoms with Gasteiger partial charge in [-0.15, -0.1) is 0 Å². The molecule has 0 aliphatic heterocycles. The molecule has 1 aliphatic rings. The maximum Gasteiger partial charge on any atom is 0.315 e. The minimum absolute atomic E-state index is 0.0887. The normalized spacial score (nSPS) is 23.4. The first-order valence-corrected chi connectivity index (χ1v) is 8.42. The van der Waals surface area contributed by atoms with Crippen LogP contribution in [0.3, 0.4) is 0 Å². The number of nitrogens with zero attached hydrogens (tertiary/aromatic N) is 3. The van der Waals surface area contributed by atoms with Gasteiger partial charge in [0.15, 0.2) is 0 Å². The molecule has 2 N–H and O–H groups in total. The van der Waals surface area contributed by atoms with E-state index in [0.29, 0.717) is 17.9 Å². The minimum Gasteiger partial charge on any atom is -0.348 e. The molecule has 130 valence electrons. The van der Waals surface area contributed by atoms with Crippen LogP contribution in [0.15, 0.2) is 6.20 Å². The van der Waals surface area contributed by atoms with Gasteiger partial charge in [0.05, 0.1) is 18.4 Å². The number of hydrogen-bond acceptors (Lipinski definition) is 3. The van der Waals surface area contributed by atoms with Crippen LogP contribution in [0.25, 0.3) is 0 Å². The number of rotatable bonds is 4. The van der Waals surface area contributed by atoms with Crippen LogP contribution in [0.2, 0.25) is 0 Å². The molecular formula is C17H31N5O. The Bertz CT molecular complexity index is 549. The number of hydrogen-bond donors (Lipinski definition) is 2. The summed E-state index contributed by atoms with van der Waals surface area (Å²) in [5, 5.41) is 6.09. The summed E-state index contributed by atoms with van der Waals surface area (Å²) in [5.41, 5.74) is 1.38. The van der Waals surface area contributed by atoms with Gasteiger partial charge in [-0.3, -0.25) is 0 Å². The lowest BCUT2D eigenvalue weighted by Gasteiger charge is -2.39. The van der Waals surface area contributed by atoms with E-state index in [-0.39, 0.29) is 12.1 Å². The van der Waals surface area contributed by atoms with Crippen molar-refractivity contribution in [3.8, 4) is 0 Å². The van der Waals surface area contributed by atoms with E-state index in [2.05, 4.69) is 36.4 Å². The highest BCUT2D eigenvalue weighted by atomic mass is 16.2. The second-order valence-electron chi connectivity index (χ2n) is 7.82. The number of urea groups is 1. The molecule has 1 aliphatic carbocycles. The Morgan fingerprint density at radius 3 is 2.74 bits per heavy atom. The van der Waals surface area contributed by atoms with Gasteiger partial charge in [0.1, 0.15) is 0 Å². The van der Waals surface area contributed by atoms with E-state index in [9.17, 15) is 4.79 Å². The molecule has 6 heteroatoms. The predicted molar refractivity (Wildman–Crippen MR) is 93.5 cm³/mol. The number of imidazole rings is 1. The van der Waals surface area contributed by atoms with Crippen molar-refractivity contribution in [1.29, 1.82) is 0 Å². The molecule has 0 unspecified atom stereocenters. The van der Waals surface area contributed by atoms with Crippen LogP contribution in [0.1, 0.15) is 45.7 Å². The third-order valence-corrected chi connectivity index (χ3v) is 4.90. The Kier molecular flexibility index (Phi) is 5.22. The van der Waals surface area contributed by atoms with E-state index >= 15 is 0 Å². The van der Waals surface area contributed by atoms with E-state index in [1.165, 1.54) is 0 Å². The van der Waals surface area contributed by atoms with Gasteiger partial charge in [0, 0.05) is 27.2 Å². The molecule has 23 heavy (non-hydrogen) atoms. The SMILES string of the molecule is C[C@H]1CC(C)(C)CC[C@H]1NC(=O)NCc1cnc(N(C)C)n1C. The maximum absolute atomic E-state index is 12.2. The molecule has 0 radical (unpaired) electrons. The van der Waals surface area contributed by atoms with Crippen LogP contribution in [-0.4, -0.2) is 35.7 Å². The van der Waals surface area contributed by atoms with Crippen molar-refractivity contribution in [3.05, 3.63) is 11.9 Å². The van der Waals surface area contributed by atoms with Crippen molar-refractivity contribution in [2.75, 3.05) is 19.0 Å². The molecule has 2 amide bonds. The maximum atomic E-state index is 12.2. The van der Waals surface area contributed by atoms with E-state index in [0.717, 1.165) is 30.9 Å². The topological polar surface area (TPSA) is 62.2 Å². The summed E-state index contributed by atoms with van der Waals surface area (Å²) >= 11 is 0. The minimum atomic E-state index is -0.0887. The third kappa shape index (κ3) is 4.39. The fourth-order valence-electron chi connectivity index (χ4n) is 3.56. The van der Waals surface area contributed by atoms with Crippen molar-refractivity contribution in [2.45, 2.75) is 52.6 Å². The standard InChI is InChI=1S/C17H31N5O/c1-12-9-17(2,3)8-7-14(12)20-15(23)18-10-13-11-19-16(21(4)5)22(13)6/h11-12,14H,7-10H2,1-6H3,(H2,18,20,23)/t12-,14+/m0/s1. The Labute approximate surface area is 139 Å². The van der Waals surface area contributed by atoms with Gasteiger partial charge in [0.2, 0.25) is 5.95 Å². The molecule has 0 bridgehead atoms. The van der Waals surface area contributed by atoms with Gasteiger partial charge < -0.3 is 20.1 Å². The zero-order valence-corrected chi connectivity index (χ0v) is 15.3. The Morgan fingerprint density at radius 2 is 2.17 bits per heavy atom. The fourth-order valence-corrected chi connectivity index (χ4v) is 3.56. The van der Waals surface area contributed by atoms with Gasteiger partial charge in [0.25, 0.3) is 0 Å². The summed E-state index contributed by atoms with van der Waals surface area (Å²) in [6, 6.07) is 0.182. The van der Waals surface area contributed by atoms with Gasteiger partial charge in [-0.1, -0.05) is 20.8 Å². The summed E-state index contributed by atoms with van der Waals surface area (Å²) in [4.78, 5) is 18.5. The third-order valence-electron chi connectivity index (χ3n) is 4.90. The van der Waals surface area contributed by atoms with Crippen LogP contribution in [0.5, 0.6) is 0 Å². The van der Waals surface area contributed by atoms with E-state index in [4.69, 9.17) is 0 Å². The van der Waals surface area contributed by atoms with Gasteiger partial charge in [-0.05, 0) is 30.6 Å². The first kappa shape index (κ1) is 17.6. The number of amides is 2. The van der Waals surface area contributed by atoms with E-state index in [1.54, 1.807) is 6.20 Å². The van der Waals surface area contributed by atoms with E-state index < -0.39 is 0 Å². The second-order valence-corrected chi connectivity index (χ2v) is 7.82. The lowest BCUT2D eigenvalue weighted by atomic mass is 9.70. The van der Waals surface area contributed by atoms with Crippen LogP contribution >= 0.6 is 0 Å². The number of nitrogens with one attached hydrogen (secondary N) is 2. The molecule has 2 atom stereocenters. The van der Waals surface area contributed by atoms with Crippen LogP contribution < -0.4 is 15.5 Å². The summed E-state index contributed by atoms with van der Waals surface area (Å²) < 4.78 is 1.99. The van der Waals surface area contributed by atoms with Crippen molar-refractivity contribution >= 4 is 12.0 Å². The summed E-state index contributed by atoms with van der Waals surface area (Å²) in [5.74, 6) is 1.40. The van der Waals surface area contributed by atoms with Crippen LogP contribution in [0.4, 0.5) is 10.7 Å². The average molecular weight is 321 g/mol. The molecule has 6 nitrogen and oxygen atoms in total. The molecule has 1 saturated carbocycles. The Morgan fingerprint density at radius 1 is 1.48 bits per heavy atom. The molecule has 1 fully saturated rings. The Balaban J connectivity index is 1.84. The van der Waals surface area contributed by atoms with E-state index in [1.807, 2.05) is 30.6 Å². The Hall–Kier alpha value is -1.72. The number of aromatic nitrogens is 2. The van der Waals surface area contributed by atoms with Gasteiger partial charge >= 0.3 is 6.03 Å². The molecule has 1 aromatic heterocycles. The van der Waals surface area contributed by atoms with Crippen LogP contribution in [-0.2, 0) is 13.6 Å². The largest absolute Gasteiger partial charge is 0.348 e. The van der Waals surface area contributed by atoms with Crippen molar-refractivity contribution < 1.29 is 4.79 Å². The number of carbonyl (C=O) groups excluding carboxylic acids is 1. The van der Waals surface area contributed by atoms with Gasteiger partial charge in [-0.2, -0.15) is 0 Å². The predicted octanol–water partition coefficient (Wildman–Crippen LogP) is 2.50. The average Bonchev–Trinajstić information content (AvgIpc) is 2.80. The monoisotopic (exact) mass is 321 g/mol. The number of carbonyl (C=O) groups is 1. The van der Waals surface area contributed by atoms with Crippen molar-refractivity contribution in [2.24, 2.45) is 18.4 Å². The molecule has 2 rings (SSSR count). The van der Waals surface area contributed by atoms with Crippen LogP contribution in [0, 0.1) is 11.3 Å². The quantitative estimate of drug-likeness (QED) is 0.895. The zero-order valence-electron chi connectivity index (χ0n) is 15.3. The highest BCUT2D eigenvalue weighted by Gasteiger charge is 2.32. The lowest BCUT2D eigenvalue weighted by molar-refractivity contribution is 0.149. The summed E-state index contributed by atoms with van der Waals surface area (Å²) in [6.45, 7) is 7.33. The zero-order chi connectivity index (χ0) is 17.2. The van der Waals surface area contributed by atoms with Crippen molar-refractivity contribution in [3.63, 3.8) is 0 Å². The molecule has 1 aromatic rings. The van der Waals surface area contributed by atoms with Crippen molar-refractivity contribution in [1.82, 2.24) is 20.2 Å². The lowest BCUT2D eigenvalue weighted by Crippen LogP contribution is -2.48. The highest BCUT2D eigenvalue weighted by Crippen LogP contribution is 2.38. The summed E-state index contributed by atoms with van der Waals surface area (Å²) in [7, 11) is 5.87. The smallest absolute Gasteiger partial charge is 0.315 e. The summed E-state index contributed by atoms with van der Waals surface area (Å²) in [6.07, 6.45) is 5.18. The number of anilines is 1. The molecule has 0 saturated heterocycles. The molecule has 0 spiro atoms. The molecule has 0 aromatic carbocycles. The van der Waals surface area contributed by atoms with Gasteiger partial charge in [-0.25, -0.2) is 9.78 Å². The molecule has 1 heterocycles. The second kappa shape index (κ2) is 6.81. The highest BCUT2D eigenvalue weighted by molar-refractivity contribution is 5.74. The first-order chi connectivity index (χ1) is 10.7. The molecular weight excluding hydrogens is 290 g/mol. The fraction of sp³-hybridized carbons (Fsp3) is 0.765.